The molecule has 194 valence electrons. The van der Waals surface area contributed by atoms with Gasteiger partial charge in [0, 0.05) is 6.08 Å². The average Bonchev–Trinajstić information content (AvgIpc) is 2.91. The Balaban J connectivity index is 1.90. The molecule has 0 aliphatic rings. The van der Waals surface area contributed by atoms with Gasteiger partial charge in [-0.1, -0.05) is 18.2 Å². The van der Waals surface area contributed by atoms with Crippen LogP contribution in [0.2, 0.25) is 0 Å². The lowest BCUT2D eigenvalue weighted by molar-refractivity contribution is -0.111. The van der Waals surface area contributed by atoms with Crippen LogP contribution in [0.15, 0.2) is 48.5 Å². The number of hydrogen-bond donors (Lipinski definition) is 3. The average molecular weight is 508 g/mol. The first-order chi connectivity index (χ1) is 17.8. The van der Waals surface area contributed by atoms with Gasteiger partial charge in [0.25, 0.3) is 0 Å². The van der Waals surface area contributed by atoms with E-state index in [-0.39, 0.29) is 11.5 Å². The molecule has 0 fully saturated rings. The summed E-state index contributed by atoms with van der Waals surface area (Å²) in [6, 6.07) is 11.4. The van der Waals surface area contributed by atoms with Gasteiger partial charge in [-0.25, -0.2) is 0 Å². The number of hydrogen-bond acceptors (Lipinski definition) is 8. The van der Waals surface area contributed by atoms with Crippen LogP contribution in [0, 0.1) is 0 Å². The van der Waals surface area contributed by atoms with E-state index in [0.717, 1.165) is 11.1 Å². The van der Waals surface area contributed by atoms with Crippen LogP contribution in [0.5, 0.6) is 40.2 Å². The molecule has 0 saturated heterocycles. The fourth-order valence-corrected chi connectivity index (χ4v) is 3.56. The Morgan fingerprint density at radius 3 is 1.70 bits per heavy atom. The number of phenolic OH excluding ortho intramolecular Hbond substituents is 2. The molecule has 1 amide bonds. The summed E-state index contributed by atoms with van der Waals surface area (Å²) in [6.45, 7) is 0. The van der Waals surface area contributed by atoms with E-state index in [2.05, 4.69) is 5.32 Å². The SMILES string of the molecule is COc1cc(/C=C/c2cc(OC)c(OC)c(OC)c2)cc(NC(=O)/C=C/c2ccc(O)c(O)c2)c1OC. The highest BCUT2D eigenvalue weighted by atomic mass is 16.5. The lowest BCUT2D eigenvalue weighted by atomic mass is 10.1. The number of aromatic hydroxyl groups is 2. The number of methoxy groups -OCH3 is 5. The Morgan fingerprint density at radius 2 is 1.19 bits per heavy atom. The van der Waals surface area contributed by atoms with Crippen LogP contribution in [0.1, 0.15) is 16.7 Å². The minimum atomic E-state index is -0.432. The second kappa shape index (κ2) is 12.3. The van der Waals surface area contributed by atoms with E-state index < -0.39 is 5.91 Å². The van der Waals surface area contributed by atoms with Gasteiger partial charge in [-0.2, -0.15) is 0 Å². The first-order valence-electron chi connectivity index (χ1n) is 11.1. The van der Waals surface area contributed by atoms with Crippen LogP contribution < -0.4 is 29.0 Å². The quantitative estimate of drug-likeness (QED) is 0.200. The van der Waals surface area contributed by atoms with E-state index in [4.69, 9.17) is 23.7 Å². The molecule has 9 heteroatoms. The summed E-state index contributed by atoms with van der Waals surface area (Å²) in [5.41, 5.74) is 2.47. The maximum absolute atomic E-state index is 12.6. The molecule has 0 aromatic heterocycles. The largest absolute Gasteiger partial charge is 0.504 e. The van der Waals surface area contributed by atoms with Crippen LogP contribution >= 0.6 is 0 Å². The van der Waals surface area contributed by atoms with E-state index in [0.29, 0.717) is 40.0 Å². The number of anilines is 1. The van der Waals surface area contributed by atoms with Crippen LogP contribution in [-0.4, -0.2) is 51.7 Å². The van der Waals surface area contributed by atoms with Crippen LogP contribution in [0.25, 0.3) is 18.2 Å². The molecule has 0 aliphatic heterocycles. The lowest BCUT2D eigenvalue weighted by Crippen LogP contribution is -2.09. The number of ether oxygens (including phenoxy) is 5. The van der Waals surface area contributed by atoms with Gasteiger partial charge in [0.15, 0.2) is 34.5 Å². The summed E-state index contributed by atoms with van der Waals surface area (Å²) >= 11 is 0. The second-order valence-corrected chi connectivity index (χ2v) is 7.67. The van der Waals surface area contributed by atoms with Crippen molar-refractivity contribution in [3.05, 3.63) is 65.2 Å². The molecular weight excluding hydrogens is 478 g/mol. The Labute approximate surface area is 215 Å². The van der Waals surface area contributed by atoms with Crippen molar-refractivity contribution in [1.82, 2.24) is 0 Å². The van der Waals surface area contributed by atoms with E-state index in [9.17, 15) is 15.0 Å². The van der Waals surface area contributed by atoms with Gasteiger partial charge in [0.2, 0.25) is 11.7 Å². The topological polar surface area (TPSA) is 116 Å². The molecule has 0 bridgehead atoms. The number of nitrogens with one attached hydrogen (secondary N) is 1. The lowest BCUT2D eigenvalue weighted by Gasteiger charge is -2.14. The maximum atomic E-state index is 12.6. The smallest absolute Gasteiger partial charge is 0.248 e. The Kier molecular flexibility index (Phi) is 8.88. The summed E-state index contributed by atoms with van der Waals surface area (Å²) in [6.07, 6.45) is 6.50. The first-order valence-corrected chi connectivity index (χ1v) is 11.1. The van der Waals surface area contributed by atoms with Crippen molar-refractivity contribution in [2.75, 3.05) is 40.9 Å². The summed E-state index contributed by atoms with van der Waals surface area (Å²) in [5, 5.41) is 21.9. The highest BCUT2D eigenvalue weighted by molar-refractivity contribution is 6.03. The number of carbonyl (C=O) groups excluding carboxylic acids is 1. The third-order valence-electron chi connectivity index (χ3n) is 5.34. The molecule has 0 saturated carbocycles. The molecule has 37 heavy (non-hydrogen) atoms. The normalized spacial score (nSPS) is 10.9. The van der Waals surface area contributed by atoms with Gasteiger partial charge < -0.3 is 39.2 Å². The minimum Gasteiger partial charge on any atom is -0.504 e. The molecular formula is C28H29NO8. The molecule has 9 nitrogen and oxygen atoms in total. The Morgan fingerprint density at radius 1 is 0.649 bits per heavy atom. The summed E-state index contributed by atoms with van der Waals surface area (Å²) in [5.74, 6) is 1.38. The summed E-state index contributed by atoms with van der Waals surface area (Å²) < 4.78 is 27.1. The fraction of sp³-hybridized carbons (Fsp3) is 0.179. The predicted octanol–water partition coefficient (Wildman–Crippen LogP) is 4.96. The van der Waals surface area contributed by atoms with Gasteiger partial charge in [-0.3, -0.25) is 4.79 Å². The van der Waals surface area contributed by atoms with Crippen molar-refractivity contribution in [2.24, 2.45) is 0 Å². The molecule has 0 radical (unpaired) electrons. The van der Waals surface area contributed by atoms with Crippen molar-refractivity contribution in [1.29, 1.82) is 0 Å². The molecule has 3 aromatic rings. The highest BCUT2D eigenvalue weighted by Gasteiger charge is 2.15. The van der Waals surface area contributed by atoms with Gasteiger partial charge >= 0.3 is 0 Å². The van der Waals surface area contributed by atoms with Gasteiger partial charge in [-0.15, -0.1) is 0 Å². The van der Waals surface area contributed by atoms with Crippen molar-refractivity contribution in [3.63, 3.8) is 0 Å². The van der Waals surface area contributed by atoms with E-state index in [1.54, 1.807) is 39.5 Å². The van der Waals surface area contributed by atoms with Crippen LogP contribution in [-0.2, 0) is 4.79 Å². The van der Waals surface area contributed by atoms with Crippen LogP contribution in [0.3, 0.4) is 0 Å². The minimum absolute atomic E-state index is 0.241. The molecule has 0 aliphatic carbocycles. The Hall–Kier alpha value is -4.79. The zero-order chi connectivity index (χ0) is 26.9. The van der Waals surface area contributed by atoms with Crippen molar-refractivity contribution in [2.45, 2.75) is 0 Å². The Bertz CT molecular complexity index is 1300. The zero-order valence-electron chi connectivity index (χ0n) is 21.2. The van der Waals surface area contributed by atoms with Gasteiger partial charge in [0.05, 0.1) is 41.2 Å². The van der Waals surface area contributed by atoms with Crippen LogP contribution in [0.4, 0.5) is 5.69 Å². The van der Waals surface area contributed by atoms with E-state index in [1.807, 2.05) is 24.3 Å². The molecule has 0 spiro atoms. The second-order valence-electron chi connectivity index (χ2n) is 7.67. The number of carbonyl (C=O) groups is 1. The number of phenols is 2. The molecule has 0 heterocycles. The third-order valence-corrected chi connectivity index (χ3v) is 5.34. The third kappa shape index (κ3) is 6.46. The van der Waals surface area contributed by atoms with E-state index >= 15 is 0 Å². The summed E-state index contributed by atoms with van der Waals surface area (Å²) in [7, 11) is 7.63. The van der Waals surface area contributed by atoms with E-state index in [1.165, 1.54) is 38.5 Å². The number of benzene rings is 3. The molecule has 3 aromatic carbocycles. The van der Waals surface area contributed by atoms with Crippen molar-refractivity contribution in [3.8, 4) is 40.2 Å². The molecule has 3 N–H and O–H groups in total. The first kappa shape index (κ1) is 26.8. The predicted molar refractivity (Wildman–Crippen MR) is 142 cm³/mol. The maximum Gasteiger partial charge on any atom is 0.248 e. The monoisotopic (exact) mass is 507 g/mol. The van der Waals surface area contributed by atoms with Gasteiger partial charge in [-0.05, 0) is 59.2 Å². The fourth-order valence-electron chi connectivity index (χ4n) is 3.56. The van der Waals surface area contributed by atoms with Gasteiger partial charge in [0.1, 0.15) is 0 Å². The summed E-state index contributed by atoms with van der Waals surface area (Å²) in [4.78, 5) is 12.6. The van der Waals surface area contributed by atoms with Crippen molar-refractivity contribution < 1.29 is 38.7 Å². The highest BCUT2D eigenvalue weighted by Crippen LogP contribution is 2.40. The molecule has 0 unspecified atom stereocenters. The molecule has 0 atom stereocenters. The molecule has 3 rings (SSSR count). The number of rotatable bonds is 10. The standard InChI is InChI=1S/C28H29NO8/c1-33-23-14-18(6-7-19-15-24(34-2)28(37-5)25(16-19)35-3)12-20(27(23)36-4)29-26(32)11-9-17-8-10-21(30)22(31)13-17/h6-16,30-31H,1-5H3,(H,29,32)/b7-6+,11-9+. The van der Waals surface area contributed by atoms with Crippen molar-refractivity contribution >= 4 is 29.8 Å². The zero-order valence-corrected chi connectivity index (χ0v) is 21.2. The number of amides is 1.